The fraction of sp³-hybridized carbons (Fsp3) is 0.647. The summed E-state index contributed by atoms with van der Waals surface area (Å²) in [5.74, 6) is 2.00. The summed E-state index contributed by atoms with van der Waals surface area (Å²) in [5.41, 5.74) is 1.30. The summed E-state index contributed by atoms with van der Waals surface area (Å²) in [6.45, 7) is 3.58. The number of thiophene rings is 1. The van der Waals surface area contributed by atoms with Gasteiger partial charge in [-0.1, -0.05) is 0 Å². The van der Waals surface area contributed by atoms with Gasteiger partial charge >= 0.3 is 0 Å². The van der Waals surface area contributed by atoms with Crippen molar-refractivity contribution >= 4 is 17.3 Å². The Morgan fingerprint density at radius 3 is 3.04 bits per heavy atom. The van der Waals surface area contributed by atoms with Crippen LogP contribution in [0.15, 0.2) is 16.8 Å². The van der Waals surface area contributed by atoms with E-state index in [-0.39, 0.29) is 6.10 Å². The molecule has 2 aromatic rings. The van der Waals surface area contributed by atoms with E-state index in [9.17, 15) is 0 Å². The highest BCUT2D eigenvalue weighted by Gasteiger charge is 2.28. The third-order valence-corrected chi connectivity index (χ3v) is 5.65. The Balaban J connectivity index is 1.58. The molecule has 0 saturated carbocycles. The van der Waals surface area contributed by atoms with Crippen LogP contribution in [-0.2, 0) is 22.4 Å². The Bertz CT molecular complexity index is 652. The fourth-order valence-corrected chi connectivity index (χ4v) is 4.22. The summed E-state index contributed by atoms with van der Waals surface area (Å²) in [7, 11) is 1.78. The van der Waals surface area contributed by atoms with Gasteiger partial charge in [-0.2, -0.15) is 11.3 Å². The third kappa shape index (κ3) is 3.34. The van der Waals surface area contributed by atoms with Gasteiger partial charge in [0.05, 0.1) is 18.8 Å². The number of aromatic nitrogens is 3. The van der Waals surface area contributed by atoms with Gasteiger partial charge in [0.25, 0.3) is 0 Å². The Morgan fingerprint density at radius 2 is 2.33 bits per heavy atom. The van der Waals surface area contributed by atoms with E-state index in [0.29, 0.717) is 6.10 Å². The molecule has 130 valence electrons. The van der Waals surface area contributed by atoms with Crippen LogP contribution in [0.4, 0.5) is 5.95 Å². The number of ether oxygens (including phenoxy) is 2. The first-order valence-electron chi connectivity index (χ1n) is 8.66. The molecule has 4 heterocycles. The second-order valence-corrected chi connectivity index (χ2v) is 7.34. The highest BCUT2D eigenvalue weighted by molar-refractivity contribution is 7.07. The molecule has 0 aliphatic carbocycles. The van der Waals surface area contributed by atoms with Crippen LogP contribution >= 0.6 is 11.3 Å². The lowest BCUT2D eigenvalue weighted by atomic mass is 10.2. The van der Waals surface area contributed by atoms with Gasteiger partial charge in [-0.25, -0.2) is 0 Å². The highest BCUT2D eigenvalue weighted by Crippen LogP contribution is 2.25. The van der Waals surface area contributed by atoms with Crippen LogP contribution in [0.5, 0.6) is 0 Å². The molecule has 0 aromatic carbocycles. The monoisotopic (exact) mass is 348 g/mol. The molecule has 7 heteroatoms. The minimum Gasteiger partial charge on any atom is -0.380 e. The molecule has 0 bridgehead atoms. The predicted molar refractivity (Wildman–Crippen MR) is 93.7 cm³/mol. The molecule has 0 amide bonds. The molecule has 2 aromatic heterocycles. The van der Waals surface area contributed by atoms with E-state index in [1.54, 1.807) is 18.4 Å². The van der Waals surface area contributed by atoms with E-state index in [2.05, 4.69) is 36.5 Å². The second kappa shape index (κ2) is 7.21. The van der Waals surface area contributed by atoms with Gasteiger partial charge in [0.2, 0.25) is 5.95 Å². The van der Waals surface area contributed by atoms with Gasteiger partial charge in [0.15, 0.2) is 0 Å². The minimum absolute atomic E-state index is 0.279. The van der Waals surface area contributed by atoms with Crippen molar-refractivity contribution in [1.29, 1.82) is 0 Å². The zero-order chi connectivity index (χ0) is 16.4. The first-order valence-corrected chi connectivity index (χ1v) is 9.60. The number of methoxy groups -OCH3 is 1. The van der Waals surface area contributed by atoms with E-state index in [4.69, 9.17) is 9.47 Å². The van der Waals surface area contributed by atoms with Crippen molar-refractivity contribution < 1.29 is 9.47 Å². The van der Waals surface area contributed by atoms with Gasteiger partial charge in [-0.05, 0) is 41.7 Å². The average Bonchev–Trinajstić information content (AvgIpc) is 3.36. The highest BCUT2D eigenvalue weighted by atomic mass is 32.1. The lowest BCUT2D eigenvalue weighted by molar-refractivity contribution is 0.0964. The Labute approximate surface area is 146 Å². The predicted octanol–water partition coefficient (Wildman–Crippen LogP) is 2.33. The summed E-state index contributed by atoms with van der Waals surface area (Å²) < 4.78 is 13.6. The lowest BCUT2D eigenvalue weighted by Crippen LogP contribution is -2.28. The number of hydrogen-bond donors (Lipinski definition) is 0. The lowest BCUT2D eigenvalue weighted by Gasteiger charge is -2.21. The molecule has 4 rings (SSSR count). The van der Waals surface area contributed by atoms with Crippen molar-refractivity contribution in [3.05, 3.63) is 28.2 Å². The first-order chi connectivity index (χ1) is 11.8. The number of nitrogens with zero attached hydrogens (tertiary/aromatic N) is 4. The molecule has 6 nitrogen and oxygen atoms in total. The SMILES string of the molecule is CO[C@@H]1CCN(c2nnc(Cc3ccsc3)n2CC2CCCO2)C1. The van der Waals surface area contributed by atoms with E-state index < -0.39 is 0 Å². The quantitative estimate of drug-likeness (QED) is 0.802. The zero-order valence-electron chi connectivity index (χ0n) is 14.1. The first kappa shape index (κ1) is 16.1. The van der Waals surface area contributed by atoms with Crippen molar-refractivity contribution in [2.45, 2.75) is 44.4 Å². The molecule has 2 saturated heterocycles. The van der Waals surface area contributed by atoms with Crippen LogP contribution in [0.3, 0.4) is 0 Å². The third-order valence-electron chi connectivity index (χ3n) is 4.92. The minimum atomic E-state index is 0.279. The maximum absolute atomic E-state index is 5.86. The van der Waals surface area contributed by atoms with Crippen molar-refractivity contribution in [2.75, 3.05) is 31.7 Å². The van der Waals surface area contributed by atoms with Crippen LogP contribution in [-0.4, -0.2) is 53.8 Å². The average molecular weight is 348 g/mol. The number of anilines is 1. The molecule has 0 spiro atoms. The van der Waals surface area contributed by atoms with Crippen molar-refractivity contribution in [2.24, 2.45) is 0 Å². The smallest absolute Gasteiger partial charge is 0.227 e. The molecular weight excluding hydrogens is 324 g/mol. The van der Waals surface area contributed by atoms with Crippen molar-refractivity contribution in [3.8, 4) is 0 Å². The van der Waals surface area contributed by atoms with E-state index in [1.807, 2.05) is 0 Å². The topological polar surface area (TPSA) is 52.4 Å². The van der Waals surface area contributed by atoms with Gasteiger partial charge in [0.1, 0.15) is 5.82 Å². The van der Waals surface area contributed by atoms with E-state index in [1.165, 1.54) is 5.56 Å². The van der Waals surface area contributed by atoms with Gasteiger partial charge in [-0.15, -0.1) is 10.2 Å². The van der Waals surface area contributed by atoms with Crippen LogP contribution in [0.2, 0.25) is 0 Å². The van der Waals surface area contributed by atoms with Crippen molar-refractivity contribution in [1.82, 2.24) is 14.8 Å². The summed E-state index contributed by atoms with van der Waals surface area (Å²) in [4.78, 5) is 2.30. The molecular formula is C17H24N4O2S. The molecule has 1 unspecified atom stereocenters. The Kier molecular flexibility index (Phi) is 4.82. The summed E-state index contributed by atoms with van der Waals surface area (Å²) >= 11 is 1.72. The van der Waals surface area contributed by atoms with Gasteiger partial charge in [0, 0.05) is 33.2 Å². The van der Waals surface area contributed by atoms with E-state index in [0.717, 1.165) is 63.7 Å². The summed E-state index contributed by atoms with van der Waals surface area (Å²) in [6.07, 6.45) is 4.71. The molecule has 2 fully saturated rings. The van der Waals surface area contributed by atoms with Crippen molar-refractivity contribution in [3.63, 3.8) is 0 Å². The summed E-state index contributed by atoms with van der Waals surface area (Å²) in [5, 5.41) is 13.3. The van der Waals surface area contributed by atoms with Crippen LogP contribution in [0.1, 0.15) is 30.7 Å². The summed E-state index contributed by atoms with van der Waals surface area (Å²) in [6, 6.07) is 2.16. The second-order valence-electron chi connectivity index (χ2n) is 6.56. The van der Waals surface area contributed by atoms with Gasteiger partial charge in [-0.3, -0.25) is 4.57 Å². The maximum atomic E-state index is 5.86. The molecule has 0 radical (unpaired) electrons. The molecule has 2 aliphatic heterocycles. The van der Waals surface area contributed by atoms with Crippen LogP contribution < -0.4 is 4.90 Å². The fourth-order valence-electron chi connectivity index (χ4n) is 3.55. The Hall–Kier alpha value is -1.44. The Morgan fingerprint density at radius 1 is 1.38 bits per heavy atom. The largest absolute Gasteiger partial charge is 0.380 e. The van der Waals surface area contributed by atoms with Gasteiger partial charge < -0.3 is 14.4 Å². The van der Waals surface area contributed by atoms with E-state index >= 15 is 0 Å². The zero-order valence-corrected chi connectivity index (χ0v) is 14.9. The van der Waals surface area contributed by atoms with Crippen LogP contribution in [0.25, 0.3) is 0 Å². The maximum Gasteiger partial charge on any atom is 0.227 e. The normalized spacial score (nSPS) is 24.1. The number of hydrogen-bond acceptors (Lipinski definition) is 6. The number of rotatable bonds is 6. The molecule has 24 heavy (non-hydrogen) atoms. The molecule has 0 N–H and O–H groups in total. The molecule has 2 aliphatic rings. The standard InChI is InChI=1S/C17H24N4O2S/c1-22-14-4-6-20(10-14)17-19-18-16(9-13-5-8-24-12-13)21(17)11-15-3-2-7-23-15/h5,8,12,14-15H,2-4,6-7,9-11H2,1H3/t14-,15?/m1/s1. The van der Waals surface area contributed by atoms with Crippen LogP contribution in [0, 0.1) is 0 Å². The molecule has 2 atom stereocenters.